The number of hydrogen-bond donors (Lipinski definition) is 0. The van der Waals surface area contributed by atoms with Crippen LogP contribution in [0.5, 0.6) is 0 Å². The van der Waals surface area contributed by atoms with E-state index in [1.54, 1.807) is 11.9 Å². The van der Waals surface area contributed by atoms with Crippen molar-refractivity contribution in [3.63, 3.8) is 0 Å². The molecule has 1 amide bonds. The van der Waals surface area contributed by atoms with E-state index in [4.69, 9.17) is 11.6 Å². The second kappa shape index (κ2) is 3.89. The molecule has 0 aromatic carbocycles. The Morgan fingerprint density at radius 1 is 1.43 bits per heavy atom. The van der Waals surface area contributed by atoms with E-state index in [9.17, 15) is 9.59 Å². The number of carbonyl (C=O) groups is 2. The molecule has 0 spiro atoms. The van der Waals surface area contributed by atoms with Crippen molar-refractivity contribution in [3.8, 4) is 0 Å². The van der Waals surface area contributed by atoms with E-state index in [1.165, 1.54) is 0 Å². The first-order valence-corrected chi connectivity index (χ1v) is 5.37. The van der Waals surface area contributed by atoms with Crippen LogP contribution in [0.2, 0.25) is 0 Å². The Bertz CT molecular complexity index is 239. The number of piperidine rings is 1. The minimum absolute atomic E-state index is 0.0793. The molecular weight excluding hydrogens is 202 g/mol. The number of alkyl halides is 1. The van der Waals surface area contributed by atoms with Gasteiger partial charge in [-0.15, -0.1) is 11.6 Å². The Balaban J connectivity index is 3.09. The molecule has 1 saturated heterocycles. The maximum atomic E-state index is 11.9. The van der Waals surface area contributed by atoms with E-state index in [0.29, 0.717) is 19.4 Å². The van der Waals surface area contributed by atoms with Crippen molar-refractivity contribution in [1.29, 1.82) is 0 Å². The number of hydrogen-bond acceptors (Lipinski definition) is 2. The predicted molar refractivity (Wildman–Crippen MR) is 55.3 cm³/mol. The van der Waals surface area contributed by atoms with Gasteiger partial charge in [0.15, 0.2) is 5.78 Å². The van der Waals surface area contributed by atoms with Crippen LogP contribution in [0.1, 0.15) is 26.7 Å². The van der Waals surface area contributed by atoms with Crippen LogP contribution in [0.15, 0.2) is 0 Å². The fourth-order valence-corrected chi connectivity index (χ4v) is 2.49. The first-order valence-electron chi connectivity index (χ1n) is 4.93. The highest BCUT2D eigenvalue weighted by Crippen LogP contribution is 2.35. The third-order valence-corrected chi connectivity index (χ3v) is 3.49. The average Bonchev–Trinajstić information content (AvgIpc) is 2.18. The van der Waals surface area contributed by atoms with Gasteiger partial charge in [0, 0.05) is 13.6 Å². The Morgan fingerprint density at radius 2 is 1.93 bits per heavy atom. The topological polar surface area (TPSA) is 37.4 Å². The van der Waals surface area contributed by atoms with E-state index < -0.39 is 10.8 Å². The van der Waals surface area contributed by atoms with E-state index in [1.807, 2.05) is 13.8 Å². The lowest BCUT2D eigenvalue weighted by molar-refractivity contribution is -0.153. The molecule has 0 aliphatic carbocycles. The standard InChI is InChI=1S/C10H16ClNO2/c1-4-10(5-2)8(13)7(11)6-12(3)9(10)14/h7H,4-6H2,1-3H3. The van der Waals surface area contributed by atoms with Crippen LogP contribution < -0.4 is 0 Å². The summed E-state index contributed by atoms with van der Waals surface area (Å²) in [6, 6.07) is 0. The highest BCUT2D eigenvalue weighted by molar-refractivity contribution is 6.35. The Morgan fingerprint density at radius 3 is 2.36 bits per heavy atom. The van der Waals surface area contributed by atoms with Gasteiger partial charge in [-0.1, -0.05) is 13.8 Å². The van der Waals surface area contributed by atoms with Crippen molar-refractivity contribution in [2.75, 3.05) is 13.6 Å². The third-order valence-electron chi connectivity index (χ3n) is 3.15. The van der Waals surface area contributed by atoms with Crippen molar-refractivity contribution in [1.82, 2.24) is 4.90 Å². The lowest BCUT2D eigenvalue weighted by atomic mass is 9.73. The molecule has 4 heteroatoms. The molecule has 0 saturated carbocycles. The Labute approximate surface area is 89.4 Å². The van der Waals surface area contributed by atoms with E-state index in [-0.39, 0.29) is 11.7 Å². The number of Topliss-reactive ketones (excluding diaryl/α,β-unsaturated/α-hetero) is 1. The monoisotopic (exact) mass is 217 g/mol. The zero-order valence-electron chi connectivity index (χ0n) is 8.84. The first-order chi connectivity index (χ1) is 6.49. The minimum atomic E-state index is -0.862. The summed E-state index contributed by atoms with van der Waals surface area (Å²) in [6.07, 6.45) is 1.07. The van der Waals surface area contributed by atoms with Crippen LogP contribution in [0.25, 0.3) is 0 Å². The lowest BCUT2D eigenvalue weighted by Gasteiger charge is -2.39. The number of likely N-dealkylation sites (tertiary alicyclic amines) is 1. The molecule has 3 nitrogen and oxygen atoms in total. The smallest absolute Gasteiger partial charge is 0.236 e. The van der Waals surface area contributed by atoms with Crippen LogP contribution in [-0.4, -0.2) is 35.6 Å². The summed E-state index contributed by atoms with van der Waals surface area (Å²) < 4.78 is 0. The number of halogens is 1. The first kappa shape index (κ1) is 11.5. The molecule has 80 valence electrons. The molecule has 0 radical (unpaired) electrons. The van der Waals surface area contributed by atoms with Crippen LogP contribution in [0.4, 0.5) is 0 Å². The lowest BCUT2D eigenvalue weighted by Crippen LogP contribution is -2.57. The van der Waals surface area contributed by atoms with Gasteiger partial charge < -0.3 is 4.90 Å². The molecule has 0 aromatic heterocycles. The maximum Gasteiger partial charge on any atom is 0.236 e. The summed E-state index contributed by atoms with van der Waals surface area (Å²) in [5.41, 5.74) is -0.862. The molecule has 1 heterocycles. The third kappa shape index (κ3) is 1.44. The van der Waals surface area contributed by atoms with Crippen LogP contribution in [0.3, 0.4) is 0 Å². The van der Waals surface area contributed by atoms with E-state index in [0.717, 1.165) is 0 Å². The molecule has 1 fully saturated rings. The Kier molecular flexibility index (Phi) is 3.20. The summed E-state index contributed by atoms with van der Waals surface area (Å²) in [5.74, 6) is -0.184. The number of rotatable bonds is 2. The summed E-state index contributed by atoms with van der Waals surface area (Å²) >= 11 is 5.93. The van der Waals surface area contributed by atoms with Crippen molar-refractivity contribution < 1.29 is 9.59 Å². The summed E-state index contributed by atoms with van der Waals surface area (Å²) in [4.78, 5) is 25.4. The summed E-state index contributed by atoms with van der Waals surface area (Å²) in [5, 5.41) is -0.544. The normalized spacial score (nSPS) is 26.9. The molecule has 1 aliphatic rings. The number of amides is 1. The van der Waals surface area contributed by atoms with Gasteiger partial charge in [0.2, 0.25) is 5.91 Å². The van der Waals surface area contributed by atoms with Gasteiger partial charge in [-0.2, -0.15) is 0 Å². The molecule has 1 unspecified atom stereocenters. The molecule has 0 N–H and O–H groups in total. The van der Waals surface area contributed by atoms with Crippen molar-refractivity contribution in [2.24, 2.45) is 5.41 Å². The summed E-state index contributed by atoms with van der Waals surface area (Å²) in [6.45, 7) is 4.06. The summed E-state index contributed by atoms with van der Waals surface area (Å²) in [7, 11) is 1.70. The quantitative estimate of drug-likeness (QED) is 0.519. The van der Waals surface area contributed by atoms with Crippen molar-refractivity contribution >= 4 is 23.3 Å². The van der Waals surface area contributed by atoms with Crippen molar-refractivity contribution in [2.45, 2.75) is 32.1 Å². The zero-order chi connectivity index (χ0) is 10.9. The molecule has 1 atom stereocenters. The highest BCUT2D eigenvalue weighted by Gasteiger charge is 2.50. The maximum absolute atomic E-state index is 11.9. The highest BCUT2D eigenvalue weighted by atomic mass is 35.5. The van der Waals surface area contributed by atoms with Gasteiger partial charge in [-0.3, -0.25) is 9.59 Å². The second-order valence-corrected chi connectivity index (χ2v) is 4.33. The van der Waals surface area contributed by atoms with Gasteiger partial charge in [0.25, 0.3) is 0 Å². The van der Waals surface area contributed by atoms with Crippen LogP contribution >= 0.6 is 11.6 Å². The van der Waals surface area contributed by atoms with Crippen LogP contribution in [-0.2, 0) is 9.59 Å². The molecule has 14 heavy (non-hydrogen) atoms. The molecular formula is C10H16ClNO2. The molecule has 0 bridgehead atoms. The van der Waals surface area contributed by atoms with Gasteiger partial charge in [0.05, 0.1) is 0 Å². The fraction of sp³-hybridized carbons (Fsp3) is 0.800. The average molecular weight is 218 g/mol. The number of ketones is 1. The number of carbonyl (C=O) groups excluding carboxylic acids is 2. The predicted octanol–water partition coefficient (Wildman–Crippen LogP) is 1.44. The Hall–Kier alpha value is -0.570. The van der Waals surface area contributed by atoms with E-state index >= 15 is 0 Å². The molecule has 1 rings (SSSR count). The second-order valence-electron chi connectivity index (χ2n) is 3.81. The minimum Gasteiger partial charge on any atom is -0.343 e. The van der Waals surface area contributed by atoms with Gasteiger partial charge in [-0.25, -0.2) is 0 Å². The van der Waals surface area contributed by atoms with Gasteiger partial charge >= 0.3 is 0 Å². The van der Waals surface area contributed by atoms with Crippen LogP contribution in [0, 0.1) is 5.41 Å². The zero-order valence-corrected chi connectivity index (χ0v) is 9.60. The van der Waals surface area contributed by atoms with E-state index in [2.05, 4.69) is 0 Å². The number of nitrogens with zero attached hydrogens (tertiary/aromatic N) is 1. The largest absolute Gasteiger partial charge is 0.343 e. The van der Waals surface area contributed by atoms with Crippen molar-refractivity contribution in [3.05, 3.63) is 0 Å². The SMILES string of the molecule is CCC1(CC)C(=O)C(Cl)CN(C)C1=O. The molecule has 1 aliphatic heterocycles. The van der Waals surface area contributed by atoms with Gasteiger partial charge in [-0.05, 0) is 12.8 Å². The van der Waals surface area contributed by atoms with Gasteiger partial charge in [0.1, 0.15) is 10.8 Å². The fourth-order valence-electron chi connectivity index (χ4n) is 2.08. The molecule has 0 aromatic rings.